The number of rotatable bonds is 4. The molecule has 0 aliphatic heterocycles. The maximum atomic E-state index is 8.97. The molecule has 0 saturated heterocycles. The largest absolute Gasteiger partial charge is 0.488 e. The highest BCUT2D eigenvalue weighted by molar-refractivity contribution is 9.10. The molecule has 1 rings (SSSR count). The molecule has 0 aromatic heterocycles. The Morgan fingerprint density at radius 2 is 2.33 bits per heavy atom. The van der Waals surface area contributed by atoms with Crippen molar-refractivity contribution in [2.75, 3.05) is 13.6 Å². The van der Waals surface area contributed by atoms with E-state index in [-0.39, 0.29) is 6.10 Å². The minimum absolute atomic E-state index is 0.0383. The number of benzene rings is 1. The summed E-state index contributed by atoms with van der Waals surface area (Å²) in [4.78, 5) is 0. The number of hydrogen-bond acceptors (Lipinski definition) is 3. The maximum Gasteiger partial charge on any atom is 0.138 e. The van der Waals surface area contributed by atoms with Crippen molar-refractivity contribution in [1.82, 2.24) is 5.32 Å². The van der Waals surface area contributed by atoms with Crippen LogP contribution in [0.25, 0.3) is 0 Å². The molecule has 15 heavy (non-hydrogen) atoms. The molecule has 1 N–H and O–H groups in total. The van der Waals surface area contributed by atoms with E-state index in [1.54, 1.807) is 6.07 Å². The number of nitriles is 1. The van der Waals surface area contributed by atoms with Crippen LogP contribution in [0.1, 0.15) is 12.5 Å². The van der Waals surface area contributed by atoms with Gasteiger partial charge in [-0.25, -0.2) is 0 Å². The second-order valence-corrected chi connectivity index (χ2v) is 4.07. The fourth-order valence-corrected chi connectivity index (χ4v) is 1.69. The normalized spacial score (nSPS) is 11.9. The van der Waals surface area contributed by atoms with Crippen molar-refractivity contribution < 1.29 is 4.74 Å². The number of nitrogens with zero attached hydrogens (tertiary/aromatic N) is 1. The topological polar surface area (TPSA) is 45.0 Å². The summed E-state index contributed by atoms with van der Waals surface area (Å²) in [5, 5.41) is 12.0. The highest BCUT2D eigenvalue weighted by Crippen LogP contribution is 2.26. The smallest absolute Gasteiger partial charge is 0.138 e. The highest BCUT2D eigenvalue weighted by Gasteiger charge is 2.09. The van der Waals surface area contributed by atoms with E-state index in [0.29, 0.717) is 11.3 Å². The molecular formula is C11H13BrN2O. The molecule has 0 fully saturated rings. The standard InChI is InChI=1S/C11H13BrN2O/c1-8(7-14-2)15-11-5-3-4-10(12)9(11)6-13/h3-5,8,14H,7H2,1-2H3. The van der Waals surface area contributed by atoms with Gasteiger partial charge >= 0.3 is 0 Å². The third kappa shape index (κ3) is 3.22. The monoisotopic (exact) mass is 268 g/mol. The van der Waals surface area contributed by atoms with Crippen LogP contribution >= 0.6 is 15.9 Å². The molecule has 0 saturated carbocycles. The lowest BCUT2D eigenvalue weighted by Gasteiger charge is -2.15. The Kier molecular flexibility index (Phi) is 4.60. The van der Waals surface area contributed by atoms with Gasteiger partial charge in [0.05, 0.1) is 0 Å². The third-order valence-corrected chi connectivity index (χ3v) is 2.57. The number of hydrogen-bond donors (Lipinski definition) is 1. The Labute approximate surface area is 98.2 Å². The predicted molar refractivity (Wildman–Crippen MR) is 62.9 cm³/mol. The van der Waals surface area contributed by atoms with Gasteiger partial charge in [-0.3, -0.25) is 0 Å². The van der Waals surface area contributed by atoms with Crippen molar-refractivity contribution in [3.8, 4) is 11.8 Å². The summed E-state index contributed by atoms with van der Waals surface area (Å²) in [7, 11) is 1.87. The maximum absolute atomic E-state index is 8.97. The zero-order chi connectivity index (χ0) is 11.3. The zero-order valence-electron chi connectivity index (χ0n) is 8.75. The molecule has 0 heterocycles. The Hall–Kier alpha value is -1.05. The molecule has 4 heteroatoms. The van der Waals surface area contributed by atoms with Crippen LogP contribution in [0.2, 0.25) is 0 Å². The van der Waals surface area contributed by atoms with E-state index in [0.717, 1.165) is 11.0 Å². The second-order valence-electron chi connectivity index (χ2n) is 3.21. The van der Waals surface area contributed by atoms with Gasteiger partial charge in [-0.05, 0) is 42.0 Å². The van der Waals surface area contributed by atoms with Crippen LogP contribution in [0.5, 0.6) is 5.75 Å². The van der Waals surface area contributed by atoms with Crippen LogP contribution in [-0.4, -0.2) is 19.7 Å². The summed E-state index contributed by atoms with van der Waals surface area (Å²) in [5.74, 6) is 0.620. The minimum atomic E-state index is 0.0383. The quantitative estimate of drug-likeness (QED) is 0.912. The van der Waals surface area contributed by atoms with Crippen LogP contribution in [0.15, 0.2) is 22.7 Å². The lowest BCUT2D eigenvalue weighted by Crippen LogP contribution is -2.26. The average molecular weight is 269 g/mol. The Balaban J connectivity index is 2.86. The van der Waals surface area contributed by atoms with Crippen molar-refractivity contribution in [3.63, 3.8) is 0 Å². The van der Waals surface area contributed by atoms with Crippen molar-refractivity contribution in [3.05, 3.63) is 28.2 Å². The molecule has 1 aromatic carbocycles. The summed E-state index contributed by atoms with van der Waals surface area (Å²) in [6.45, 7) is 2.70. The molecule has 0 spiro atoms. The molecule has 0 radical (unpaired) electrons. The molecule has 0 aliphatic rings. The van der Waals surface area contributed by atoms with Gasteiger partial charge < -0.3 is 10.1 Å². The molecule has 0 bridgehead atoms. The van der Waals surface area contributed by atoms with Gasteiger partial charge in [0.25, 0.3) is 0 Å². The number of ether oxygens (including phenoxy) is 1. The molecule has 1 unspecified atom stereocenters. The number of likely N-dealkylation sites (N-methyl/N-ethyl adjacent to an activating group) is 1. The minimum Gasteiger partial charge on any atom is -0.488 e. The van der Waals surface area contributed by atoms with E-state index in [1.165, 1.54) is 0 Å². The van der Waals surface area contributed by atoms with Crippen LogP contribution in [-0.2, 0) is 0 Å². The lowest BCUT2D eigenvalue weighted by atomic mass is 10.2. The lowest BCUT2D eigenvalue weighted by molar-refractivity contribution is 0.220. The fraction of sp³-hybridized carbons (Fsp3) is 0.364. The van der Waals surface area contributed by atoms with Crippen molar-refractivity contribution in [1.29, 1.82) is 5.26 Å². The molecule has 0 aliphatic carbocycles. The first-order valence-electron chi connectivity index (χ1n) is 4.69. The van der Waals surface area contributed by atoms with Crippen LogP contribution < -0.4 is 10.1 Å². The van der Waals surface area contributed by atoms with Gasteiger partial charge in [-0.2, -0.15) is 5.26 Å². The van der Waals surface area contributed by atoms with Gasteiger partial charge in [0.2, 0.25) is 0 Å². The highest BCUT2D eigenvalue weighted by atomic mass is 79.9. The Morgan fingerprint density at radius 3 is 2.93 bits per heavy atom. The van der Waals surface area contributed by atoms with Crippen molar-refractivity contribution >= 4 is 15.9 Å². The first-order chi connectivity index (χ1) is 7.19. The van der Waals surface area contributed by atoms with E-state index in [4.69, 9.17) is 10.00 Å². The molecule has 1 atom stereocenters. The Morgan fingerprint density at radius 1 is 1.60 bits per heavy atom. The number of halogens is 1. The Bertz CT molecular complexity index is 373. The third-order valence-electron chi connectivity index (χ3n) is 1.91. The summed E-state index contributed by atoms with van der Waals surface area (Å²) in [6.07, 6.45) is 0.0383. The van der Waals surface area contributed by atoms with Gasteiger partial charge in [-0.1, -0.05) is 6.07 Å². The van der Waals surface area contributed by atoms with Crippen molar-refractivity contribution in [2.24, 2.45) is 0 Å². The molecular weight excluding hydrogens is 256 g/mol. The fourth-order valence-electron chi connectivity index (χ4n) is 1.26. The summed E-state index contributed by atoms with van der Waals surface area (Å²) >= 11 is 3.32. The van der Waals surface area contributed by atoms with Gasteiger partial charge in [-0.15, -0.1) is 0 Å². The van der Waals surface area contributed by atoms with Crippen LogP contribution in [0.4, 0.5) is 0 Å². The van der Waals surface area contributed by atoms with Crippen LogP contribution in [0, 0.1) is 11.3 Å². The SMILES string of the molecule is CNCC(C)Oc1cccc(Br)c1C#N. The van der Waals surface area contributed by atoms with E-state index in [9.17, 15) is 0 Å². The number of nitrogens with one attached hydrogen (secondary N) is 1. The second kappa shape index (κ2) is 5.74. The van der Waals surface area contributed by atoms with E-state index >= 15 is 0 Å². The van der Waals surface area contributed by atoms with E-state index in [2.05, 4.69) is 27.3 Å². The van der Waals surface area contributed by atoms with Gasteiger partial charge in [0.1, 0.15) is 23.5 Å². The van der Waals surface area contributed by atoms with Crippen molar-refractivity contribution in [2.45, 2.75) is 13.0 Å². The van der Waals surface area contributed by atoms with Gasteiger partial charge in [0, 0.05) is 11.0 Å². The summed E-state index contributed by atoms with van der Waals surface area (Å²) in [6, 6.07) is 7.60. The zero-order valence-corrected chi connectivity index (χ0v) is 10.3. The molecule has 80 valence electrons. The molecule has 0 amide bonds. The first kappa shape index (κ1) is 12.0. The van der Waals surface area contributed by atoms with Crippen LogP contribution in [0.3, 0.4) is 0 Å². The summed E-state index contributed by atoms with van der Waals surface area (Å²) in [5.41, 5.74) is 0.542. The van der Waals surface area contributed by atoms with E-state index in [1.807, 2.05) is 26.1 Å². The predicted octanol–water partition coefficient (Wildman–Crippen LogP) is 2.31. The summed E-state index contributed by atoms with van der Waals surface area (Å²) < 4.78 is 6.41. The molecule has 3 nitrogen and oxygen atoms in total. The average Bonchev–Trinajstić information content (AvgIpc) is 2.18. The first-order valence-corrected chi connectivity index (χ1v) is 5.48. The van der Waals surface area contributed by atoms with Gasteiger partial charge in [0.15, 0.2) is 0 Å². The van der Waals surface area contributed by atoms with E-state index < -0.39 is 0 Å². The molecule has 1 aromatic rings.